The molecule has 0 spiro atoms. The van der Waals surface area contributed by atoms with Crippen molar-refractivity contribution in [2.45, 2.75) is 126 Å². The second-order valence-corrected chi connectivity index (χ2v) is 14.5. The Kier molecular flexibility index (Phi) is 7.47. The predicted molar refractivity (Wildman–Crippen MR) is 147 cm³/mol. The van der Waals surface area contributed by atoms with Crippen molar-refractivity contribution >= 4 is 5.97 Å². The van der Waals surface area contributed by atoms with E-state index in [4.69, 9.17) is 4.74 Å². The third kappa shape index (κ3) is 4.82. The van der Waals surface area contributed by atoms with Crippen molar-refractivity contribution in [1.29, 1.82) is 0 Å². The molecule has 0 unspecified atom stereocenters. The van der Waals surface area contributed by atoms with Gasteiger partial charge in [-0.05, 0) is 110 Å². The minimum absolute atomic E-state index is 0.102. The summed E-state index contributed by atoms with van der Waals surface area (Å²) in [6.45, 7) is 23.2. The summed E-state index contributed by atoms with van der Waals surface area (Å²) in [6, 6.07) is 0. The van der Waals surface area contributed by atoms with E-state index in [1.807, 2.05) is 0 Å². The van der Waals surface area contributed by atoms with Gasteiger partial charge in [-0.25, -0.2) is 0 Å². The van der Waals surface area contributed by atoms with Gasteiger partial charge in [-0.1, -0.05) is 72.3 Å². The van der Waals surface area contributed by atoms with Crippen molar-refractivity contribution in [2.75, 3.05) is 0 Å². The van der Waals surface area contributed by atoms with Crippen molar-refractivity contribution in [3.05, 3.63) is 23.8 Å². The summed E-state index contributed by atoms with van der Waals surface area (Å²) in [7, 11) is 0. The van der Waals surface area contributed by atoms with Crippen molar-refractivity contribution in [1.82, 2.24) is 0 Å². The lowest BCUT2D eigenvalue weighted by atomic mass is 9.47. The number of rotatable bonds is 7. The molecule has 0 aliphatic heterocycles. The molecular weight excluding hydrogens is 428 g/mol. The number of allylic oxidation sites excluding steroid dienone is 2. The molecule has 0 N–H and O–H groups in total. The normalized spacial score (nSPS) is 39.8. The first-order chi connectivity index (χ1) is 16.3. The summed E-state index contributed by atoms with van der Waals surface area (Å²) in [5.41, 5.74) is 4.10. The zero-order valence-electron chi connectivity index (χ0n) is 24.2. The molecule has 2 heteroatoms. The molecule has 2 nitrogen and oxygen atoms in total. The van der Waals surface area contributed by atoms with Crippen molar-refractivity contribution in [2.24, 2.45) is 51.8 Å². The maximum absolute atomic E-state index is 11.5. The second kappa shape index (κ2) is 9.68. The van der Waals surface area contributed by atoms with E-state index in [1.165, 1.54) is 56.9 Å². The van der Waals surface area contributed by atoms with Gasteiger partial charge in [0.15, 0.2) is 0 Å². The monoisotopic (exact) mass is 482 g/mol. The van der Waals surface area contributed by atoms with Crippen LogP contribution in [-0.4, -0.2) is 12.1 Å². The Balaban J connectivity index is 1.45. The van der Waals surface area contributed by atoms with Gasteiger partial charge in [0.2, 0.25) is 0 Å². The zero-order chi connectivity index (χ0) is 25.8. The topological polar surface area (TPSA) is 26.3 Å². The molecule has 3 saturated carbocycles. The molecule has 4 aliphatic carbocycles. The van der Waals surface area contributed by atoms with Crippen LogP contribution in [-0.2, 0) is 9.53 Å². The second-order valence-electron chi connectivity index (χ2n) is 14.5. The lowest BCUT2D eigenvalue weighted by Gasteiger charge is -2.58. The lowest BCUT2D eigenvalue weighted by Crippen LogP contribution is -2.51. The fourth-order valence-electron chi connectivity index (χ4n) is 9.67. The summed E-state index contributed by atoms with van der Waals surface area (Å²) < 4.78 is 5.64. The van der Waals surface area contributed by atoms with Crippen LogP contribution in [0, 0.1) is 51.8 Å². The average Bonchev–Trinajstić information content (AvgIpc) is 3.14. The van der Waals surface area contributed by atoms with E-state index in [-0.39, 0.29) is 17.5 Å². The van der Waals surface area contributed by atoms with Gasteiger partial charge in [-0.3, -0.25) is 4.79 Å². The molecular formula is C33H54O2. The van der Waals surface area contributed by atoms with E-state index in [0.717, 1.165) is 42.4 Å². The maximum atomic E-state index is 11.5. The van der Waals surface area contributed by atoms with E-state index in [2.05, 4.69) is 61.1 Å². The molecule has 0 aromatic carbocycles. The predicted octanol–water partition coefficient (Wildman–Crippen LogP) is 9.15. The highest BCUT2D eigenvalue weighted by Crippen LogP contribution is 2.67. The van der Waals surface area contributed by atoms with Gasteiger partial charge in [0.25, 0.3) is 0 Å². The zero-order valence-corrected chi connectivity index (χ0v) is 24.2. The van der Waals surface area contributed by atoms with Crippen LogP contribution in [0.4, 0.5) is 0 Å². The summed E-state index contributed by atoms with van der Waals surface area (Å²) in [5, 5.41) is 0. The highest BCUT2D eigenvalue weighted by molar-refractivity contribution is 5.66. The number of hydrogen-bond acceptors (Lipinski definition) is 2. The molecule has 0 bridgehead atoms. The minimum Gasteiger partial charge on any atom is -0.462 e. The van der Waals surface area contributed by atoms with Crippen LogP contribution >= 0.6 is 0 Å². The Hall–Kier alpha value is -1.05. The number of esters is 1. The fraction of sp³-hybridized carbons (Fsp3) is 0.848. The Labute approximate surface area is 216 Å². The maximum Gasteiger partial charge on any atom is 0.302 e. The van der Waals surface area contributed by atoms with Gasteiger partial charge in [-0.15, -0.1) is 0 Å². The van der Waals surface area contributed by atoms with E-state index >= 15 is 0 Å². The molecule has 0 amide bonds. The smallest absolute Gasteiger partial charge is 0.302 e. The molecule has 3 fully saturated rings. The number of fused-ring (bicyclic) bond motifs is 5. The molecule has 35 heavy (non-hydrogen) atoms. The van der Waals surface area contributed by atoms with E-state index in [0.29, 0.717) is 16.7 Å². The molecule has 4 rings (SSSR count). The molecule has 0 radical (unpaired) electrons. The molecule has 198 valence electrons. The summed E-state index contributed by atoms with van der Waals surface area (Å²) in [5.74, 6) is 4.67. The molecule has 4 aliphatic rings. The van der Waals surface area contributed by atoms with Gasteiger partial charge in [0.05, 0.1) is 0 Å². The highest BCUT2D eigenvalue weighted by Gasteiger charge is 2.59. The first-order valence-corrected chi connectivity index (χ1v) is 14.9. The SMILES string of the molecule is C=C(C(C)C)C(C)(C)CC[C@H](C)[C@H]1CC[C@H]2[C@@H]3CC=C4C[C@@H](OC(C)=O)CC[C@]4(C)[C@H]3CC[C@]12C. The molecule has 0 aromatic rings. The van der Waals surface area contributed by atoms with Gasteiger partial charge in [-0.2, -0.15) is 0 Å². The average molecular weight is 483 g/mol. The first-order valence-electron chi connectivity index (χ1n) is 14.9. The highest BCUT2D eigenvalue weighted by atomic mass is 16.5. The molecule has 0 saturated heterocycles. The van der Waals surface area contributed by atoms with Crippen molar-refractivity contribution in [3.8, 4) is 0 Å². The minimum atomic E-state index is -0.121. The van der Waals surface area contributed by atoms with Crippen LogP contribution in [0.1, 0.15) is 120 Å². The standard InChI is InChI=1S/C33H54O2/c1-21(2)23(4)31(6,7)17-14-22(3)28-12-13-29-27-11-10-25-20-26(35-24(5)34)15-18-32(25,8)30(27)16-19-33(28,29)9/h10,21-22,26-30H,4,11-20H2,1-3,5-9H3/t22-,26-,27-,28+,29-,30-,32-,33+/m0/s1. The van der Waals surface area contributed by atoms with E-state index in [9.17, 15) is 4.79 Å². The fourth-order valence-corrected chi connectivity index (χ4v) is 9.67. The van der Waals surface area contributed by atoms with Crippen LogP contribution in [0.25, 0.3) is 0 Å². The van der Waals surface area contributed by atoms with Crippen molar-refractivity contribution < 1.29 is 9.53 Å². The Bertz CT molecular complexity index is 849. The quantitative estimate of drug-likeness (QED) is 0.267. The van der Waals surface area contributed by atoms with Crippen LogP contribution < -0.4 is 0 Å². The van der Waals surface area contributed by atoms with E-state index < -0.39 is 0 Å². The number of hydrogen-bond donors (Lipinski definition) is 0. The van der Waals surface area contributed by atoms with Crippen LogP contribution in [0.5, 0.6) is 0 Å². The Morgan fingerprint density at radius 2 is 1.83 bits per heavy atom. The van der Waals surface area contributed by atoms with Gasteiger partial charge in [0, 0.05) is 13.3 Å². The molecule has 8 atom stereocenters. The third-order valence-electron chi connectivity index (χ3n) is 11.9. The lowest BCUT2D eigenvalue weighted by molar-refractivity contribution is -0.148. The van der Waals surface area contributed by atoms with E-state index in [1.54, 1.807) is 12.5 Å². The molecule has 0 aromatic heterocycles. The number of carbonyl (C=O) groups excluding carboxylic acids is 1. The van der Waals surface area contributed by atoms with Crippen LogP contribution in [0.3, 0.4) is 0 Å². The Morgan fingerprint density at radius 3 is 2.49 bits per heavy atom. The third-order valence-corrected chi connectivity index (χ3v) is 11.9. The first kappa shape index (κ1) is 27.0. The summed E-state index contributed by atoms with van der Waals surface area (Å²) in [6.07, 6.45) is 15.4. The van der Waals surface area contributed by atoms with Crippen LogP contribution in [0.2, 0.25) is 0 Å². The number of carbonyl (C=O) groups is 1. The van der Waals surface area contributed by atoms with Crippen molar-refractivity contribution in [3.63, 3.8) is 0 Å². The largest absolute Gasteiger partial charge is 0.462 e. The summed E-state index contributed by atoms with van der Waals surface area (Å²) >= 11 is 0. The Morgan fingerprint density at radius 1 is 1.11 bits per heavy atom. The van der Waals surface area contributed by atoms with Crippen LogP contribution in [0.15, 0.2) is 23.8 Å². The van der Waals surface area contributed by atoms with Gasteiger partial charge in [0.1, 0.15) is 6.10 Å². The van der Waals surface area contributed by atoms with Gasteiger partial charge >= 0.3 is 5.97 Å². The number of ether oxygens (including phenoxy) is 1. The summed E-state index contributed by atoms with van der Waals surface area (Å²) in [4.78, 5) is 11.5. The van der Waals surface area contributed by atoms with Gasteiger partial charge < -0.3 is 4.74 Å². The molecule has 0 heterocycles.